The summed E-state index contributed by atoms with van der Waals surface area (Å²) < 4.78 is 37.8. The molecule has 1 aliphatic heterocycles. The van der Waals surface area contributed by atoms with E-state index >= 15 is 0 Å². The van der Waals surface area contributed by atoms with Crippen molar-refractivity contribution in [3.8, 4) is 0 Å². The highest BCUT2D eigenvalue weighted by Gasteiger charge is 2.35. The zero-order valence-electron chi connectivity index (χ0n) is 14.2. The molecule has 1 N–H and O–H groups in total. The molecule has 0 saturated carbocycles. The van der Waals surface area contributed by atoms with Crippen molar-refractivity contribution in [2.24, 2.45) is 0 Å². The van der Waals surface area contributed by atoms with E-state index in [4.69, 9.17) is 0 Å². The van der Waals surface area contributed by atoms with Crippen molar-refractivity contribution in [2.75, 3.05) is 16.8 Å². The number of halogens is 3. The number of aromatic nitrogens is 2. The first-order valence-electron chi connectivity index (χ1n) is 8.26. The van der Waals surface area contributed by atoms with Gasteiger partial charge in [-0.3, -0.25) is 4.79 Å². The highest BCUT2D eigenvalue weighted by atomic mass is 32.2. The number of amides is 1. The molecule has 3 aromatic rings. The van der Waals surface area contributed by atoms with Gasteiger partial charge in [-0.2, -0.15) is 13.2 Å². The lowest BCUT2D eigenvalue weighted by molar-refractivity contribution is -0.138. The Morgan fingerprint density at radius 1 is 1.00 bits per heavy atom. The molecule has 0 aliphatic carbocycles. The third-order valence-corrected chi connectivity index (χ3v) is 6.02. The second-order valence-electron chi connectivity index (χ2n) is 5.90. The van der Waals surface area contributed by atoms with Crippen molar-refractivity contribution in [3.63, 3.8) is 0 Å². The number of nitrogens with one attached hydrogen (secondary N) is 1. The highest BCUT2D eigenvalue weighted by molar-refractivity contribution is 7.99. The van der Waals surface area contributed by atoms with Gasteiger partial charge in [0.15, 0.2) is 0 Å². The molecule has 2 heterocycles. The van der Waals surface area contributed by atoms with Crippen LogP contribution in [0, 0.1) is 0 Å². The molecule has 0 saturated heterocycles. The van der Waals surface area contributed by atoms with Crippen molar-refractivity contribution in [3.05, 3.63) is 53.5 Å². The van der Waals surface area contributed by atoms with Gasteiger partial charge in [0.25, 0.3) is 0 Å². The third kappa shape index (κ3) is 3.83. The summed E-state index contributed by atoms with van der Waals surface area (Å²) in [6.07, 6.45) is -4.48. The van der Waals surface area contributed by atoms with E-state index in [9.17, 15) is 18.0 Å². The fourth-order valence-corrected chi connectivity index (χ4v) is 4.53. The van der Waals surface area contributed by atoms with Crippen LogP contribution in [0.4, 0.5) is 29.7 Å². The van der Waals surface area contributed by atoms with E-state index < -0.39 is 17.1 Å². The monoisotopic (exact) mass is 422 g/mol. The van der Waals surface area contributed by atoms with Crippen LogP contribution < -0.4 is 10.2 Å². The van der Waals surface area contributed by atoms with E-state index in [0.29, 0.717) is 17.9 Å². The second kappa shape index (κ2) is 7.44. The number of alkyl halides is 3. The average Bonchev–Trinajstić information content (AvgIpc) is 3.14. The maximum atomic E-state index is 12.6. The molecule has 1 aromatic heterocycles. The van der Waals surface area contributed by atoms with Crippen molar-refractivity contribution >= 4 is 45.5 Å². The van der Waals surface area contributed by atoms with Gasteiger partial charge < -0.3 is 10.2 Å². The summed E-state index contributed by atoms with van der Waals surface area (Å²) in [6, 6.07) is 15.8. The van der Waals surface area contributed by atoms with Crippen LogP contribution in [-0.4, -0.2) is 22.6 Å². The number of para-hydroxylation sites is 2. The first kappa shape index (κ1) is 18.8. The Bertz CT molecular complexity index is 976. The number of nitrogens with zero attached hydrogens (tertiary/aromatic N) is 3. The number of rotatable bonds is 4. The third-order valence-electron chi connectivity index (χ3n) is 4.01. The Morgan fingerprint density at radius 2 is 1.61 bits per heavy atom. The lowest BCUT2D eigenvalue weighted by atomic mass is 10.2. The summed E-state index contributed by atoms with van der Waals surface area (Å²) in [7, 11) is 0. The SMILES string of the molecule is O=C(CCN1c2ccccc2Sc2ccccc21)Nc1nnc(C(F)(F)F)s1. The number of carbonyl (C=O) groups is 1. The van der Waals surface area contributed by atoms with Gasteiger partial charge in [0.1, 0.15) is 0 Å². The van der Waals surface area contributed by atoms with Crippen LogP contribution in [0.15, 0.2) is 58.3 Å². The molecule has 0 unspecified atom stereocenters. The Labute approximate surface area is 166 Å². The average molecular weight is 422 g/mol. The van der Waals surface area contributed by atoms with Crippen molar-refractivity contribution in [1.29, 1.82) is 0 Å². The standard InChI is InChI=1S/C18H13F3N4OS2/c19-18(20,21)16-23-24-17(28-16)22-15(26)9-10-25-11-5-1-3-7-13(11)27-14-8-4-2-6-12(14)25/h1-8H,9-10H2,(H,22,24,26). The lowest BCUT2D eigenvalue weighted by Gasteiger charge is -2.32. The van der Waals surface area contributed by atoms with Crippen LogP contribution >= 0.6 is 23.1 Å². The van der Waals surface area contributed by atoms with Gasteiger partial charge in [0, 0.05) is 22.8 Å². The number of benzene rings is 2. The van der Waals surface area contributed by atoms with Crippen molar-refractivity contribution < 1.29 is 18.0 Å². The van der Waals surface area contributed by atoms with E-state index in [-0.39, 0.29) is 11.6 Å². The van der Waals surface area contributed by atoms with Gasteiger partial charge in [-0.1, -0.05) is 47.4 Å². The van der Waals surface area contributed by atoms with Crippen LogP contribution in [0.3, 0.4) is 0 Å². The first-order valence-corrected chi connectivity index (χ1v) is 9.89. The van der Waals surface area contributed by atoms with Crippen LogP contribution in [0.25, 0.3) is 0 Å². The molecule has 0 bridgehead atoms. The van der Waals surface area contributed by atoms with Crippen molar-refractivity contribution in [1.82, 2.24) is 10.2 Å². The van der Waals surface area contributed by atoms with Crippen LogP contribution in [-0.2, 0) is 11.0 Å². The summed E-state index contributed by atoms with van der Waals surface area (Å²) in [6.45, 7) is 0.380. The predicted octanol–water partition coefficient (Wildman–Crippen LogP) is 5.19. The van der Waals surface area contributed by atoms with E-state index in [2.05, 4.69) is 15.5 Å². The number of fused-ring (bicyclic) bond motifs is 2. The molecule has 2 aromatic carbocycles. The Kier molecular flexibility index (Phi) is 4.98. The summed E-state index contributed by atoms with van der Waals surface area (Å²) in [5, 5.41) is 7.61. The molecule has 144 valence electrons. The summed E-state index contributed by atoms with van der Waals surface area (Å²) in [5.74, 6) is -0.418. The molecule has 1 aliphatic rings. The van der Waals surface area contributed by atoms with Gasteiger partial charge in [0.05, 0.1) is 11.4 Å². The zero-order valence-corrected chi connectivity index (χ0v) is 15.9. The minimum Gasteiger partial charge on any atom is -0.339 e. The van der Waals surface area contributed by atoms with Crippen LogP contribution in [0.5, 0.6) is 0 Å². The summed E-state index contributed by atoms with van der Waals surface area (Å²) in [4.78, 5) is 16.5. The molecule has 0 atom stereocenters. The van der Waals surface area contributed by atoms with Gasteiger partial charge in [-0.25, -0.2) is 0 Å². The van der Waals surface area contributed by atoms with Gasteiger partial charge >= 0.3 is 6.18 Å². The van der Waals surface area contributed by atoms with Gasteiger partial charge in [0.2, 0.25) is 16.0 Å². The normalized spacial score (nSPS) is 13.0. The fourth-order valence-electron chi connectivity index (χ4n) is 2.81. The Balaban J connectivity index is 1.48. The number of hydrogen-bond donors (Lipinski definition) is 1. The molecule has 0 fully saturated rings. The molecule has 0 spiro atoms. The zero-order chi connectivity index (χ0) is 19.7. The second-order valence-corrected chi connectivity index (χ2v) is 7.96. The number of carbonyl (C=O) groups excluding carboxylic acids is 1. The predicted molar refractivity (Wildman–Crippen MR) is 102 cm³/mol. The first-order chi connectivity index (χ1) is 13.4. The topological polar surface area (TPSA) is 58.1 Å². The minimum absolute atomic E-state index is 0.0915. The Hall–Kier alpha value is -2.59. The molecule has 28 heavy (non-hydrogen) atoms. The van der Waals surface area contributed by atoms with E-state index in [0.717, 1.165) is 21.2 Å². The molecular weight excluding hydrogens is 409 g/mol. The fraction of sp³-hybridized carbons (Fsp3) is 0.167. The van der Waals surface area contributed by atoms with Gasteiger partial charge in [-0.15, -0.1) is 10.2 Å². The molecule has 5 nitrogen and oxygen atoms in total. The Morgan fingerprint density at radius 3 is 2.18 bits per heavy atom. The highest BCUT2D eigenvalue weighted by Crippen LogP contribution is 2.47. The minimum atomic E-state index is -4.57. The van der Waals surface area contributed by atoms with E-state index in [1.807, 2.05) is 53.4 Å². The number of anilines is 3. The number of hydrogen-bond acceptors (Lipinski definition) is 6. The molecule has 1 amide bonds. The smallest absolute Gasteiger partial charge is 0.339 e. The maximum absolute atomic E-state index is 12.6. The van der Waals surface area contributed by atoms with E-state index in [1.54, 1.807) is 11.8 Å². The summed E-state index contributed by atoms with van der Waals surface area (Å²) >= 11 is 1.97. The van der Waals surface area contributed by atoms with Crippen molar-refractivity contribution in [2.45, 2.75) is 22.4 Å². The molecule has 0 radical (unpaired) electrons. The molecule has 4 rings (SSSR count). The molecular formula is C18H13F3N4OS2. The van der Waals surface area contributed by atoms with E-state index in [1.165, 1.54) is 0 Å². The summed E-state index contributed by atoms with van der Waals surface area (Å²) in [5.41, 5.74) is 1.99. The maximum Gasteiger partial charge on any atom is 0.445 e. The molecule has 10 heteroatoms. The largest absolute Gasteiger partial charge is 0.445 e. The lowest BCUT2D eigenvalue weighted by Crippen LogP contribution is -2.25. The van der Waals surface area contributed by atoms with Crippen LogP contribution in [0.1, 0.15) is 11.4 Å². The quantitative estimate of drug-likeness (QED) is 0.627. The van der Waals surface area contributed by atoms with Crippen LogP contribution in [0.2, 0.25) is 0 Å². The van der Waals surface area contributed by atoms with Gasteiger partial charge in [-0.05, 0) is 24.3 Å².